The second kappa shape index (κ2) is 2.24. The summed E-state index contributed by atoms with van der Waals surface area (Å²) in [6.45, 7) is 0. The minimum absolute atomic E-state index is 0.331. The fraction of sp³-hybridized carbons (Fsp3) is 0.500. The third kappa shape index (κ3) is 0.850. The number of aromatic nitrogens is 2. The molecule has 1 fully saturated rings. The van der Waals surface area contributed by atoms with Crippen LogP contribution in [0.4, 0.5) is 0 Å². The van der Waals surface area contributed by atoms with Gasteiger partial charge in [-0.15, -0.1) is 0 Å². The van der Waals surface area contributed by atoms with Crippen molar-refractivity contribution in [2.45, 2.75) is 18.3 Å². The van der Waals surface area contributed by atoms with E-state index in [9.17, 15) is 0 Å². The molecule has 0 aliphatic heterocycles. The topological polar surface area (TPSA) is 41.6 Å². The first kappa shape index (κ1) is 7.63. The summed E-state index contributed by atoms with van der Waals surface area (Å²) in [6, 6.07) is 2.29. The number of aryl methyl sites for hydroxylation is 1. The molecule has 12 heavy (non-hydrogen) atoms. The van der Waals surface area contributed by atoms with Crippen LogP contribution in [0, 0.1) is 11.3 Å². The standard InChI is InChI=1S/C8H8ClN3/c1-12-5-11-7(9)6(12)8(4-10)2-3-8/h5H,2-3H2,1H3. The maximum atomic E-state index is 8.93. The molecule has 0 spiro atoms. The highest BCUT2D eigenvalue weighted by Gasteiger charge is 2.48. The Morgan fingerprint density at radius 1 is 1.75 bits per heavy atom. The second-order valence-corrected chi connectivity index (χ2v) is 3.55. The number of hydrogen-bond acceptors (Lipinski definition) is 2. The molecule has 4 heteroatoms. The molecule has 1 aliphatic rings. The van der Waals surface area contributed by atoms with E-state index < -0.39 is 0 Å². The Bertz CT molecular complexity index is 337. The predicted octanol–water partition coefficient (Wildman–Crippen LogP) is 1.63. The third-order valence-electron chi connectivity index (χ3n) is 2.31. The summed E-state index contributed by atoms with van der Waals surface area (Å²) < 4.78 is 1.83. The van der Waals surface area contributed by atoms with Crippen molar-refractivity contribution >= 4 is 11.6 Å². The monoisotopic (exact) mass is 181 g/mol. The zero-order chi connectivity index (χ0) is 8.77. The minimum atomic E-state index is -0.331. The van der Waals surface area contributed by atoms with Crippen LogP contribution in [0.2, 0.25) is 5.15 Å². The molecular weight excluding hydrogens is 174 g/mol. The van der Waals surface area contributed by atoms with E-state index in [1.165, 1.54) is 0 Å². The Morgan fingerprint density at radius 3 is 2.75 bits per heavy atom. The Kier molecular flexibility index (Phi) is 1.42. The molecule has 0 amide bonds. The van der Waals surface area contributed by atoms with Crippen molar-refractivity contribution in [3.63, 3.8) is 0 Å². The molecule has 62 valence electrons. The van der Waals surface area contributed by atoms with Gasteiger partial charge in [-0.05, 0) is 12.8 Å². The van der Waals surface area contributed by atoms with E-state index in [0.717, 1.165) is 18.5 Å². The van der Waals surface area contributed by atoms with E-state index >= 15 is 0 Å². The van der Waals surface area contributed by atoms with Crippen LogP contribution in [0.1, 0.15) is 18.5 Å². The van der Waals surface area contributed by atoms with Gasteiger partial charge >= 0.3 is 0 Å². The molecule has 0 saturated heterocycles. The molecule has 0 aromatic carbocycles. The summed E-state index contributed by atoms with van der Waals surface area (Å²) in [6.07, 6.45) is 3.46. The first-order chi connectivity index (χ1) is 5.69. The first-order valence-electron chi connectivity index (χ1n) is 3.78. The molecule has 1 saturated carbocycles. The van der Waals surface area contributed by atoms with Gasteiger partial charge in [-0.1, -0.05) is 11.6 Å². The summed E-state index contributed by atoms with van der Waals surface area (Å²) in [5.74, 6) is 0. The van der Waals surface area contributed by atoms with Gasteiger partial charge in [0, 0.05) is 7.05 Å². The molecule has 0 radical (unpaired) electrons. The smallest absolute Gasteiger partial charge is 0.151 e. The Labute approximate surface area is 75.6 Å². The fourth-order valence-electron chi connectivity index (χ4n) is 1.46. The van der Waals surface area contributed by atoms with Crippen molar-refractivity contribution in [1.82, 2.24) is 9.55 Å². The SMILES string of the molecule is Cn1cnc(Cl)c1C1(C#N)CC1. The molecule has 0 N–H and O–H groups in total. The van der Waals surface area contributed by atoms with Crippen molar-refractivity contribution in [2.75, 3.05) is 0 Å². The maximum Gasteiger partial charge on any atom is 0.151 e. The first-order valence-corrected chi connectivity index (χ1v) is 4.16. The average Bonchev–Trinajstić information content (AvgIpc) is 2.77. The van der Waals surface area contributed by atoms with Gasteiger partial charge < -0.3 is 4.57 Å². The highest BCUT2D eigenvalue weighted by atomic mass is 35.5. The fourth-order valence-corrected chi connectivity index (χ4v) is 1.82. The van der Waals surface area contributed by atoms with Crippen LogP contribution in [0.5, 0.6) is 0 Å². The van der Waals surface area contributed by atoms with E-state index in [4.69, 9.17) is 16.9 Å². The van der Waals surface area contributed by atoms with Gasteiger partial charge in [-0.2, -0.15) is 5.26 Å². The lowest BCUT2D eigenvalue weighted by Crippen LogP contribution is -2.08. The second-order valence-electron chi connectivity index (χ2n) is 3.19. The lowest BCUT2D eigenvalue weighted by Gasteiger charge is -2.06. The largest absolute Gasteiger partial charge is 0.335 e. The molecule has 3 nitrogen and oxygen atoms in total. The molecular formula is C8H8ClN3. The Morgan fingerprint density at radius 2 is 2.42 bits per heavy atom. The summed E-state index contributed by atoms with van der Waals surface area (Å²) in [7, 11) is 1.87. The normalized spacial score (nSPS) is 18.8. The van der Waals surface area contributed by atoms with Crippen LogP contribution in [0.15, 0.2) is 6.33 Å². The highest BCUT2D eigenvalue weighted by molar-refractivity contribution is 6.30. The molecule has 1 aromatic rings. The van der Waals surface area contributed by atoms with Gasteiger partial charge in [-0.25, -0.2) is 4.98 Å². The van der Waals surface area contributed by atoms with Gasteiger partial charge in [0.25, 0.3) is 0 Å². The van der Waals surface area contributed by atoms with Crippen molar-refractivity contribution in [1.29, 1.82) is 5.26 Å². The van der Waals surface area contributed by atoms with E-state index in [0.29, 0.717) is 5.15 Å². The molecule has 0 atom stereocenters. The minimum Gasteiger partial charge on any atom is -0.335 e. The number of imidazole rings is 1. The van der Waals surface area contributed by atoms with Crippen molar-refractivity contribution < 1.29 is 0 Å². The maximum absolute atomic E-state index is 8.93. The summed E-state index contributed by atoms with van der Waals surface area (Å²) in [5.41, 5.74) is 0.536. The van der Waals surface area contributed by atoms with Crippen molar-refractivity contribution in [2.24, 2.45) is 7.05 Å². The van der Waals surface area contributed by atoms with Crippen molar-refractivity contribution in [3.05, 3.63) is 17.2 Å². The number of hydrogen-bond donors (Lipinski definition) is 0. The van der Waals surface area contributed by atoms with E-state index in [-0.39, 0.29) is 5.41 Å². The van der Waals surface area contributed by atoms with Crippen LogP contribution in [0.3, 0.4) is 0 Å². The molecule has 2 rings (SSSR count). The molecule has 0 bridgehead atoms. The van der Waals surface area contributed by atoms with Crippen LogP contribution in [-0.4, -0.2) is 9.55 Å². The average molecular weight is 182 g/mol. The highest BCUT2D eigenvalue weighted by Crippen LogP contribution is 2.49. The Balaban J connectivity index is 2.54. The molecule has 0 unspecified atom stereocenters. The summed E-state index contributed by atoms with van der Waals surface area (Å²) in [4.78, 5) is 3.95. The number of rotatable bonds is 1. The van der Waals surface area contributed by atoms with Crippen LogP contribution >= 0.6 is 11.6 Å². The van der Waals surface area contributed by atoms with Gasteiger partial charge in [-0.3, -0.25) is 0 Å². The van der Waals surface area contributed by atoms with Crippen LogP contribution < -0.4 is 0 Å². The van der Waals surface area contributed by atoms with Gasteiger partial charge in [0.05, 0.1) is 18.1 Å². The van der Waals surface area contributed by atoms with Gasteiger partial charge in [0.2, 0.25) is 0 Å². The van der Waals surface area contributed by atoms with Crippen LogP contribution in [0.25, 0.3) is 0 Å². The Hall–Kier alpha value is -1.01. The van der Waals surface area contributed by atoms with E-state index in [1.807, 2.05) is 11.6 Å². The van der Waals surface area contributed by atoms with Gasteiger partial charge in [0.1, 0.15) is 5.41 Å². The number of halogens is 1. The zero-order valence-corrected chi connectivity index (χ0v) is 7.47. The van der Waals surface area contributed by atoms with E-state index in [2.05, 4.69) is 11.1 Å². The lowest BCUT2D eigenvalue weighted by atomic mass is 10.1. The lowest BCUT2D eigenvalue weighted by molar-refractivity contribution is 0.754. The number of nitrogens with zero attached hydrogens (tertiary/aromatic N) is 3. The quantitative estimate of drug-likeness (QED) is 0.661. The molecule has 1 aliphatic carbocycles. The summed E-state index contributed by atoms with van der Waals surface area (Å²) >= 11 is 5.87. The molecule has 1 aromatic heterocycles. The van der Waals surface area contributed by atoms with Crippen molar-refractivity contribution in [3.8, 4) is 6.07 Å². The molecule has 1 heterocycles. The number of nitriles is 1. The van der Waals surface area contributed by atoms with Gasteiger partial charge in [0.15, 0.2) is 5.15 Å². The zero-order valence-electron chi connectivity index (χ0n) is 6.71. The van der Waals surface area contributed by atoms with E-state index in [1.54, 1.807) is 6.33 Å². The van der Waals surface area contributed by atoms with Crippen LogP contribution in [-0.2, 0) is 12.5 Å². The third-order valence-corrected chi connectivity index (χ3v) is 2.59. The summed E-state index contributed by atoms with van der Waals surface area (Å²) in [5, 5.41) is 9.40. The predicted molar refractivity (Wildman–Crippen MR) is 44.7 cm³/mol.